The Bertz CT molecular complexity index is 477. The maximum Gasteiger partial charge on any atom is 0.288 e. The Morgan fingerprint density at radius 3 is 2.79 bits per heavy atom. The van der Waals surface area contributed by atoms with Crippen molar-refractivity contribution in [3.8, 4) is 0 Å². The number of nitro groups is 1. The first-order valence-electron chi connectivity index (χ1n) is 6.36. The first kappa shape index (κ1) is 14.2. The van der Waals surface area contributed by atoms with Crippen LogP contribution in [0.5, 0.6) is 0 Å². The van der Waals surface area contributed by atoms with Gasteiger partial charge in [-0.3, -0.25) is 15.0 Å². The van der Waals surface area contributed by atoms with E-state index in [2.05, 4.69) is 4.90 Å². The zero-order valence-electron chi connectivity index (χ0n) is 10.9. The van der Waals surface area contributed by atoms with E-state index in [4.69, 9.17) is 17.3 Å². The molecule has 0 heterocycles. The van der Waals surface area contributed by atoms with E-state index in [0.29, 0.717) is 25.0 Å². The maximum atomic E-state index is 10.9. The van der Waals surface area contributed by atoms with Gasteiger partial charge in [-0.25, -0.2) is 0 Å². The van der Waals surface area contributed by atoms with Crippen LogP contribution < -0.4 is 5.73 Å². The lowest BCUT2D eigenvalue weighted by Gasteiger charge is -2.26. The molecule has 0 aliphatic heterocycles. The minimum absolute atomic E-state index is 0.0386. The lowest BCUT2D eigenvalue weighted by Crippen LogP contribution is -2.39. The molecule has 1 fully saturated rings. The third kappa shape index (κ3) is 3.43. The predicted octanol–water partition coefficient (Wildman–Crippen LogP) is 2.42. The Labute approximate surface area is 117 Å². The van der Waals surface area contributed by atoms with Crippen LogP contribution in [0.1, 0.15) is 18.4 Å². The Morgan fingerprint density at radius 2 is 2.26 bits per heavy atom. The SMILES string of the molecule is CN(Cc1ccc(Cl)c([N+](=O)[O-])c1)C(CN)C1CC1. The molecule has 0 radical (unpaired) electrons. The van der Waals surface area contributed by atoms with Crippen LogP contribution in [0.15, 0.2) is 18.2 Å². The number of nitrogens with two attached hydrogens (primary N) is 1. The minimum atomic E-state index is -0.451. The second kappa shape index (κ2) is 5.86. The Hall–Kier alpha value is -1.17. The number of nitrogens with zero attached hydrogens (tertiary/aromatic N) is 2. The normalized spacial score (nSPS) is 16.6. The fourth-order valence-corrected chi connectivity index (χ4v) is 2.60. The smallest absolute Gasteiger partial charge is 0.288 e. The summed E-state index contributed by atoms with van der Waals surface area (Å²) in [6, 6.07) is 5.30. The number of rotatable bonds is 6. The molecule has 1 atom stereocenters. The molecule has 1 unspecified atom stereocenters. The summed E-state index contributed by atoms with van der Waals surface area (Å²) >= 11 is 5.80. The molecule has 0 aromatic heterocycles. The van der Waals surface area contributed by atoms with Gasteiger partial charge in [-0.05, 0) is 37.4 Å². The average molecular weight is 284 g/mol. The van der Waals surface area contributed by atoms with E-state index in [9.17, 15) is 10.1 Å². The molecular formula is C13H18ClN3O2. The molecule has 5 nitrogen and oxygen atoms in total. The molecule has 0 spiro atoms. The maximum absolute atomic E-state index is 10.9. The number of nitro benzene ring substituents is 1. The van der Waals surface area contributed by atoms with Gasteiger partial charge in [-0.1, -0.05) is 17.7 Å². The summed E-state index contributed by atoms with van der Waals surface area (Å²) in [6.07, 6.45) is 2.46. The third-order valence-electron chi connectivity index (χ3n) is 3.61. The molecule has 1 aromatic rings. The van der Waals surface area contributed by atoms with E-state index in [1.54, 1.807) is 12.1 Å². The van der Waals surface area contributed by atoms with Crippen molar-refractivity contribution in [1.82, 2.24) is 4.90 Å². The van der Waals surface area contributed by atoms with Crippen LogP contribution in [-0.2, 0) is 6.54 Å². The first-order chi connectivity index (χ1) is 9.02. The Kier molecular flexibility index (Phi) is 4.39. The van der Waals surface area contributed by atoms with E-state index in [0.717, 1.165) is 5.56 Å². The highest BCUT2D eigenvalue weighted by Gasteiger charge is 2.32. The second-order valence-electron chi connectivity index (χ2n) is 5.10. The lowest BCUT2D eigenvalue weighted by atomic mass is 10.1. The number of hydrogen-bond donors (Lipinski definition) is 1. The van der Waals surface area contributed by atoms with Crippen molar-refractivity contribution in [3.63, 3.8) is 0 Å². The van der Waals surface area contributed by atoms with Crippen LogP contribution in [0.25, 0.3) is 0 Å². The molecule has 1 aliphatic rings. The van der Waals surface area contributed by atoms with Gasteiger partial charge in [0, 0.05) is 25.2 Å². The topological polar surface area (TPSA) is 72.4 Å². The fraction of sp³-hybridized carbons (Fsp3) is 0.538. The summed E-state index contributed by atoms with van der Waals surface area (Å²) in [5, 5.41) is 11.0. The minimum Gasteiger partial charge on any atom is -0.329 e. The van der Waals surface area contributed by atoms with E-state index in [1.165, 1.54) is 12.8 Å². The molecule has 0 saturated heterocycles. The van der Waals surface area contributed by atoms with Crippen LogP contribution in [0.2, 0.25) is 5.02 Å². The van der Waals surface area contributed by atoms with Crippen LogP contribution >= 0.6 is 11.6 Å². The van der Waals surface area contributed by atoms with E-state index in [-0.39, 0.29) is 10.7 Å². The first-order valence-corrected chi connectivity index (χ1v) is 6.74. The number of halogens is 1. The second-order valence-corrected chi connectivity index (χ2v) is 5.51. The highest BCUT2D eigenvalue weighted by Crippen LogP contribution is 2.35. The Balaban J connectivity index is 2.09. The molecule has 19 heavy (non-hydrogen) atoms. The number of benzene rings is 1. The number of hydrogen-bond acceptors (Lipinski definition) is 4. The van der Waals surface area contributed by atoms with Gasteiger partial charge in [0.25, 0.3) is 5.69 Å². The zero-order chi connectivity index (χ0) is 14.0. The highest BCUT2D eigenvalue weighted by atomic mass is 35.5. The van der Waals surface area contributed by atoms with Gasteiger partial charge in [0.1, 0.15) is 5.02 Å². The quantitative estimate of drug-likeness (QED) is 0.643. The summed E-state index contributed by atoms with van der Waals surface area (Å²) in [4.78, 5) is 12.6. The van der Waals surface area contributed by atoms with Crippen LogP contribution in [0, 0.1) is 16.0 Å². The molecule has 104 valence electrons. The Morgan fingerprint density at radius 1 is 1.58 bits per heavy atom. The summed E-state index contributed by atoms with van der Waals surface area (Å²) in [7, 11) is 2.01. The number of likely N-dealkylation sites (N-methyl/N-ethyl adjacent to an activating group) is 1. The van der Waals surface area contributed by atoms with Gasteiger partial charge < -0.3 is 5.73 Å². The van der Waals surface area contributed by atoms with Crippen molar-refractivity contribution in [3.05, 3.63) is 38.9 Å². The molecule has 0 bridgehead atoms. The standard InChI is InChI=1S/C13H18ClN3O2/c1-16(13(7-15)10-3-4-10)8-9-2-5-11(14)12(6-9)17(18)19/h2,5-6,10,13H,3-4,7-8,15H2,1H3. The fourth-order valence-electron chi connectivity index (χ4n) is 2.42. The van der Waals surface area contributed by atoms with Gasteiger partial charge in [0.2, 0.25) is 0 Å². The molecule has 1 saturated carbocycles. The van der Waals surface area contributed by atoms with Gasteiger partial charge >= 0.3 is 0 Å². The molecule has 0 amide bonds. The van der Waals surface area contributed by atoms with E-state index >= 15 is 0 Å². The molecule has 1 aromatic carbocycles. The summed E-state index contributed by atoms with van der Waals surface area (Å²) in [5.41, 5.74) is 6.65. The molecule has 2 N–H and O–H groups in total. The van der Waals surface area contributed by atoms with Crippen molar-refractivity contribution < 1.29 is 4.92 Å². The van der Waals surface area contributed by atoms with Gasteiger partial charge in [0.05, 0.1) is 4.92 Å². The average Bonchev–Trinajstić information content (AvgIpc) is 3.16. The molecule has 1 aliphatic carbocycles. The molecular weight excluding hydrogens is 266 g/mol. The van der Waals surface area contributed by atoms with E-state index in [1.807, 2.05) is 13.1 Å². The molecule has 6 heteroatoms. The van der Waals surface area contributed by atoms with Gasteiger partial charge in [-0.2, -0.15) is 0 Å². The van der Waals surface area contributed by atoms with Crippen LogP contribution in [0.3, 0.4) is 0 Å². The lowest BCUT2D eigenvalue weighted by molar-refractivity contribution is -0.384. The summed E-state index contributed by atoms with van der Waals surface area (Å²) < 4.78 is 0. The van der Waals surface area contributed by atoms with Crippen molar-refractivity contribution in [1.29, 1.82) is 0 Å². The van der Waals surface area contributed by atoms with Crippen LogP contribution in [-0.4, -0.2) is 29.5 Å². The van der Waals surface area contributed by atoms with Crippen molar-refractivity contribution >= 4 is 17.3 Å². The molecule has 2 rings (SSSR count). The predicted molar refractivity (Wildman–Crippen MR) is 75.1 cm³/mol. The monoisotopic (exact) mass is 283 g/mol. The summed E-state index contributed by atoms with van der Waals surface area (Å²) in [6.45, 7) is 1.27. The van der Waals surface area contributed by atoms with Crippen LogP contribution in [0.4, 0.5) is 5.69 Å². The van der Waals surface area contributed by atoms with Crippen molar-refractivity contribution in [2.24, 2.45) is 11.7 Å². The largest absolute Gasteiger partial charge is 0.329 e. The van der Waals surface area contributed by atoms with Crippen molar-refractivity contribution in [2.75, 3.05) is 13.6 Å². The summed E-state index contributed by atoms with van der Waals surface area (Å²) in [5.74, 6) is 0.678. The van der Waals surface area contributed by atoms with Gasteiger partial charge in [0.15, 0.2) is 0 Å². The highest BCUT2D eigenvalue weighted by molar-refractivity contribution is 6.32. The third-order valence-corrected chi connectivity index (χ3v) is 3.93. The van der Waals surface area contributed by atoms with Gasteiger partial charge in [-0.15, -0.1) is 0 Å². The zero-order valence-corrected chi connectivity index (χ0v) is 11.6. The van der Waals surface area contributed by atoms with Crippen molar-refractivity contribution in [2.45, 2.75) is 25.4 Å². The van der Waals surface area contributed by atoms with E-state index < -0.39 is 4.92 Å².